The molecule has 0 N–H and O–H groups in total. The number of hydrogen-bond donors (Lipinski definition) is 0. The smallest absolute Gasteiger partial charge is 0.259 e. The van der Waals surface area contributed by atoms with Gasteiger partial charge >= 0.3 is 0 Å². The summed E-state index contributed by atoms with van der Waals surface area (Å²) in [6.45, 7) is 5.80. The third kappa shape index (κ3) is 5.77. The van der Waals surface area contributed by atoms with Gasteiger partial charge in [0.25, 0.3) is 5.91 Å². The summed E-state index contributed by atoms with van der Waals surface area (Å²) in [7, 11) is 3.12. The molecule has 7 nitrogen and oxygen atoms in total. The SMILES string of the molecule is CCc1nc2ccc(C3CCN(CC(=O)N(C)OC)CC3)cn2c1-c1ccc(-c2nc(-c3ccc(F)cc3)cs2)c(C)c1F. The van der Waals surface area contributed by atoms with Crippen LogP contribution in [0.2, 0.25) is 0 Å². The molecule has 1 fully saturated rings. The minimum absolute atomic E-state index is 0.0611. The first kappa shape index (κ1) is 30.1. The van der Waals surface area contributed by atoms with Gasteiger partial charge < -0.3 is 0 Å². The molecule has 0 saturated carbocycles. The molecule has 0 radical (unpaired) electrons. The number of aromatic nitrogens is 3. The van der Waals surface area contributed by atoms with Crippen molar-refractivity contribution < 1.29 is 18.4 Å². The average Bonchev–Trinajstić information content (AvgIpc) is 3.67. The Labute approximate surface area is 259 Å². The van der Waals surface area contributed by atoms with E-state index in [1.807, 2.05) is 34.9 Å². The van der Waals surface area contributed by atoms with Gasteiger partial charge in [-0.3, -0.25) is 18.9 Å². The summed E-state index contributed by atoms with van der Waals surface area (Å²) in [6, 6.07) is 14.1. The Balaban J connectivity index is 1.28. The molecule has 0 bridgehead atoms. The number of imidazole rings is 1. The number of likely N-dealkylation sites (N-methyl/N-ethyl adjacent to an activating group) is 1. The van der Waals surface area contributed by atoms with Gasteiger partial charge in [-0.2, -0.15) is 0 Å². The number of halogens is 2. The molecule has 1 amide bonds. The zero-order valence-electron chi connectivity index (χ0n) is 25.3. The largest absolute Gasteiger partial charge is 0.299 e. The quantitative estimate of drug-likeness (QED) is 0.174. The van der Waals surface area contributed by atoms with Crippen LogP contribution in [0.5, 0.6) is 0 Å². The van der Waals surface area contributed by atoms with Crippen molar-refractivity contribution in [2.24, 2.45) is 0 Å². The normalized spacial score (nSPS) is 14.4. The summed E-state index contributed by atoms with van der Waals surface area (Å²) < 4.78 is 31.7. The third-order valence-corrected chi connectivity index (χ3v) is 9.48. The number of thiazole rings is 1. The highest BCUT2D eigenvalue weighted by Crippen LogP contribution is 2.37. The molecular weight excluding hydrogens is 580 g/mol. The molecule has 0 spiro atoms. The van der Waals surface area contributed by atoms with Crippen LogP contribution in [0.1, 0.15) is 42.5 Å². The molecule has 0 aliphatic carbocycles. The Morgan fingerprint density at radius 3 is 2.48 bits per heavy atom. The van der Waals surface area contributed by atoms with Crippen LogP contribution in [0.4, 0.5) is 8.78 Å². The van der Waals surface area contributed by atoms with Crippen molar-refractivity contribution in [2.45, 2.75) is 39.0 Å². The van der Waals surface area contributed by atoms with Crippen LogP contribution < -0.4 is 0 Å². The van der Waals surface area contributed by atoms with E-state index in [9.17, 15) is 9.18 Å². The fourth-order valence-electron chi connectivity index (χ4n) is 5.95. The number of likely N-dealkylation sites (tertiary alicyclic amines) is 1. The Morgan fingerprint density at radius 1 is 1.05 bits per heavy atom. The summed E-state index contributed by atoms with van der Waals surface area (Å²) in [5.74, 6) is -0.315. The Kier molecular flexibility index (Phi) is 8.57. The number of carbonyl (C=O) groups excluding carboxylic acids is 1. The fraction of sp³-hybridized carbons (Fsp3) is 0.324. The highest BCUT2D eigenvalue weighted by molar-refractivity contribution is 7.13. The number of hydrogen-bond acceptors (Lipinski definition) is 6. The van der Waals surface area contributed by atoms with Crippen molar-refractivity contribution in [2.75, 3.05) is 33.8 Å². The Hall–Kier alpha value is -3.99. The molecule has 0 unspecified atom stereocenters. The lowest BCUT2D eigenvalue weighted by molar-refractivity contribution is -0.170. The lowest BCUT2D eigenvalue weighted by Crippen LogP contribution is -2.41. The first-order valence-corrected chi connectivity index (χ1v) is 15.7. The predicted molar refractivity (Wildman–Crippen MR) is 169 cm³/mol. The first-order valence-electron chi connectivity index (χ1n) is 14.8. The minimum atomic E-state index is -0.298. The molecule has 4 heterocycles. The zero-order chi connectivity index (χ0) is 31.0. The number of amides is 1. The topological polar surface area (TPSA) is 63.0 Å². The van der Waals surface area contributed by atoms with Crippen LogP contribution in [-0.4, -0.2) is 64.0 Å². The van der Waals surface area contributed by atoms with Crippen LogP contribution in [0, 0.1) is 18.6 Å². The van der Waals surface area contributed by atoms with Crippen LogP contribution in [0.15, 0.2) is 60.1 Å². The molecule has 5 aromatic rings. The zero-order valence-corrected chi connectivity index (χ0v) is 26.1. The standard InChI is InChI=1S/C34H35F2N5O2S/c1-5-28-33(27-12-11-26(21(2)32(27)36)34-38-29(20-44-34)23-6-9-25(35)10-7-23)41-18-24(8-13-30(41)37-28)22-14-16-40(17-15-22)19-31(42)39(3)43-4/h6-13,18,20,22H,5,14-17,19H2,1-4H3. The van der Waals surface area contributed by atoms with Gasteiger partial charge in [0.2, 0.25) is 0 Å². The van der Waals surface area contributed by atoms with Crippen molar-refractivity contribution in [3.05, 3.63) is 88.6 Å². The molecule has 2 aromatic carbocycles. The highest BCUT2D eigenvalue weighted by Gasteiger charge is 2.25. The minimum Gasteiger partial charge on any atom is -0.299 e. The molecular formula is C34H35F2N5O2S. The van der Waals surface area contributed by atoms with E-state index in [0.717, 1.165) is 59.8 Å². The maximum atomic E-state index is 16.3. The van der Waals surface area contributed by atoms with E-state index in [1.54, 1.807) is 26.1 Å². The van der Waals surface area contributed by atoms with E-state index < -0.39 is 0 Å². The number of hydroxylamine groups is 2. The van der Waals surface area contributed by atoms with E-state index in [1.165, 1.54) is 41.2 Å². The van der Waals surface area contributed by atoms with Gasteiger partial charge in [-0.15, -0.1) is 11.3 Å². The van der Waals surface area contributed by atoms with E-state index in [-0.39, 0.29) is 17.5 Å². The second-order valence-corrected chi connectivity index (χ2v) is 12.1. The summed E-state index contributed by atoms with van der Waals surface area (Å²) >= 11 is 1.44. The number of piperidine rings is 1. The van der Waals surface area contributed by atoms with Crippen LogP contribution >= 0.6 is 11.3 Å². The van der Waals surface area contributed by atoms with Crippen molar-refractivity contribution in [1.29, 1.82) is 0 Å². The molecule has 1 saturated heterocycles. The van der Waals surface area contributed by atoms with Gasteiger partial charge in [0.1, 0.15) is 22.3 Å². The second kappa shape index (κ2) is 12.6. The second-order valence-electron chi connectivity index (χ2n) is 11.2. The number of nitrogens with zero attached hydrogens (tertiary/aromatic N) is 5. The predicted octanol–water partition coefficient (Wildman–Crippen LogP) is 7.14. The molecule has 44 heavy (non-hydrogen) atoms. The van der Waals surface area contributed by atoms with Gasteiger partial charge in [-0.05, 0) is 92.7 Å². The van der Waals surface area contributed by atoms with Crippen LogP contribution in [-0.2, 0) is 16.1 Å². The number of carbonyl (C=O) groups is 1. The number of rotatable bonds is 8. The summed E-state index contributed by atoms with van der Waals surface area (Å²) in [5.41, 5.74) is 6.91. The van der Waals surface area contributed by atoms with Gasteiger partial charge in [-0.1, -0.05) is 19.1 Å². The summed E-state index contributed by atoms with van der Waals surface area (Å²) in [6.07, 6.45) is 4.63. The molecule has 1 aliphatic heterocycles. The fourth-order valence-corrected chi connectivity index (χ4v) is 6.86. The Bertz CT molecular complexity index is 1810. The van der Waals surface area contributed by atoms with Crippen LogP contribution in [0.25, 0.3) is 38.7 Å². The molecule has 10 heteroatoms. The van der Waals surface area contributed by atoms with E-state index in [0.29, 0.717) is 35.0 Å². The van der Waals surface area contributed by atoms with Gasteiger partial charge in [0, 0.05) is 35.3 Å². The molecule has 228 valence electrons. The first-order chi connectivity index (χ1) is 21.3. The average molecular weight is 616 g/mol. The lowest BCUT2D eigenvalue weighted by Gasteiger charge is -2.32. The molecule has 1 aliphatic rings. The van der Waals surface area contributed by atoms with E-state index in [4.69, 9.17) is 14.8 Å². The Morgan fingerprint density at radius 2 is 1.77 bits per heavy atom. The van der Waals surface area contributed by atoms with Crippen molar-refractivity contribution in [3.8, 4) is 33.1 Å². The maximum Gasteiger partial charge on any atom is 0.259 e. The highest BCUT2D eigenvalue weighted by atomic mass is 32.1. The number of aryl methyl sites for hydroxylation is 1. The molecule has 0 atom stereocenters. The summed E-state index contributed by atoms with van der Waals surface area (Å²) in [5, 5.41) is 3.89. The van der Waals surface area contributed by atoms with E-state index in [2.05, 4.69) is 17.2 Å². The van der Waals surface area contributed by atoms with Gasteiger partial charge in [-0.25, -0.2) is 23.8 Å². The van der Waals surface area contributed by atoms with Crippen molar-refractivity contribution >= 4 is 22.9 Å². The third-order valence-electron chi connectivity index (χ3n) is 8.61. The molecule has 3 aromatic heterocycles. The van der Waals surface area contributed by atoms with E-state index >= 15 is 4.39 Å². The van der Waals surface area contributed by atoms with Crippen molar-refractivity contribution in [3.63, 3.8) is 0 Å². The monoisotopic (exact) mass is 615 g/mol. The number of fused-ring (bicyclic) bond motifs is 1. The van der Waals surface area contributed by atoms with Crippen LogP contribution in [0.3, 0.4) is 0 Å². The molecule has 6 rings (SSSR count). The number of pyridine rings is 1. The maximum absolute atomic E-state index is 16.3. The lowest BCUT2D eigenvalue weighted by atomic mass is 9.90. The number of benzene rings is 2. The summed E-state index contributed by atoms with van der Waals surface area (Å²) in [4.78, 5) is 29.0. The van der Waals surface area contributed by atoms with Gasteiger partial charge in [0.15, 0.2) is 0 Å². The van der Waals surface area contributed by atoms with Crippen molar-refractivity contribution in [1.82, 2.24) is 24.3 Å². The van der Waals surface area contributed by atoms with Gasteiger partial charge in [0.05, 0.1) is 30.7 Å².